The van der Waals surface area contributed by atoms with E-state index in [1.54, 1.807) is 0 Å². The lowest BCUT2D eigenvalue weighted by molar-refractivity contribution is -0.134. The zero-order chi connectivity index (χ0) is 9.84. The minimum Gasteiger partial charge on any atom is -0.480 e. The van der Waals surface area contributed by atoms with E-state index in [0.29, 0.717) is 5.82 Å². The number of hydrogen-bond acceptors (Lipinski definition) is 3. The number of carboxylic acids is 1. The van der Waals surface area contributed by atoms with Crippen molar-refractivity contribution in [3.63, 3.8) is 0 Å². The Balaban J connectivity index is 2.68. The van der Waals surface area contributed by atoms with Crippen molar-refractivity contribution in [2.75, 3.05) is 11.9 Å². The molecule has 0 saturated heterocycles. The molecule has 0 unspecified atom stereocenters. The number of nitrogens with zero attached hydrogens (tertiary/aromatic N) is 1. The second-order valence-electron chi connectivity index (χ2n) is 2.22. The Bertz CT molecular complexity index is 332. The number of pyridine rings is 1. The Labute approximate surface area is 81.9 Å². The summed E-state index contributed by atoms with van der Waals surface area (Å²) in [4.78, 5) is 13.9. The van der Waals surface area contributed by atoms with Crippen molar-refractivity contribution in [3.05, 3.63) is 22.6 Å². The third kappa shape index (κ3) is 2.98. The predicted octanol–water partition coefficient (Wildman–Crippen LogP) is 1.48. The molecule has 1 aromatic rings. The van der Waals surface area contributed by atoms with E-state index in [9.17, 15) is 9.18 Å². The molecule has 0 atom stereocenters. The molecule has 13 heavy (non-hydrogen) atoms. The number of anilines is 1. The topological polar surface area (TPSA) is 62.2 Å². The van der Waals surface area contributed by atoms with Gasteiger partial charge in [-0.05, 0) is 28.1 Å². The fraction of sp³-hybridized carbons (Fsp3) is 0.143. The minimum absolute atomic E-state index is 0.0582. The molecule has 0 radical (unpaired) electrons. The van der Waals surface area contributed by atoms with Gasteiger partial charge in [-0.2, -0.15) is 0 Å². The highest BCUT2D eigenvalue weighted by molar-refractivity contribution is 9.10. The number of carbonyl (C=O) groups is 1. The number of halogens is 2. The molecule has 0 saturated carbocycles. The van der Waals surface area contributed by atoms with Gasteiger partial charge in [-0.3, -0.25) is 4.79 Å². The average Bonchev–Trinajstić information content (AvgIpc) is 2.07. The first-order valence-corrected chi connectivity index (χ1v) is 4.16. The van der Waals surface area contributed by atoms with Crippen LogP contribution in [0.3, 0.4) is 0 Å². The Morgan fingerprint density at radius 3 is 2.92 bits per heavy atom. The lowest BCUT2D eigenvalue weighted by atomic mass is 10.4. The van der Waals surface area contributed by atoms with Crippen LogP contribution in [0.25, 0.3) is 0 Å². The summed E-state index contributed by atoms with van der Waals surface area (Å²) in [6.07, 6.45) is 0. The van der Waals surface area contributed by atoms with E-state index < -0.39 is 11.8 Å². The van der Waals surface area contributed by atoms with Crippen molar-refractivity contribution in [2.45, 2.75) is 0 Å². The van der Waals surface area contributed by atoms with E-state index in [4.69, 9.17) is 5.11 Å². The van der Waals surface area contributed by atoms with Crippen LogP contribution in [0.15, 0.2) is 16.7 Å². The lowest BCUT2D eigenvalue weighted by Gasteiger charge is -2.02. The van der Waals surface area contributed by atoms with Crippen LogP contribution in [0.4, 0.5) is 10.2 Å². The molecule has 4 nitrogen and oxygen atoms in total. The molecule has 0 bridgehead atoms. The van der Waals surface area contributed by atoms with Gasteiger partial charge in [0.2, 0.25) is 0 Å². The molecule has 1 rings (SSSR count). The maximum atomic E-state index is 12.6. The second-order valence-corrected chi connectivity index (χ2v) is 2.97. The van der Waals surface area contributed by atoms with Crippen LogP contribution < -0.4 is 5.32 Å². The van der Waals surface area contributed by atoms with Gasteiger partial charge in [-0.1, -0.05) is 0 Å². The summed E-state index contributed by atoms with van der Waals surface area (Å²) >= 11 is 2.88. The van der Waals surface area contributed by atoms with Crippen LogP contribution in [0.2, 0.25) is 0 Å². The lowest BCUT2D eigenvalue weighted by Crippen LogP contribution is -2.13. The maximum Gasteiger partial charge on any atom is 0.322 e. The van der Waals surface area contributed by atoms with Gasteiger partial charge < -0.3 is 10.4 Å². The van der Waals surface area contributed by atoms with Crippen molar-refractivity contribution in [1.82, 2.24) is 4.98 Å². The third-order valence-corrected chi connectivity index (χ3v) is 1.78. The summed E-state index contributed by atoms with van der Waals surface area (Å²) in [5.74, 6) is -1.17. The molecule has 0 amide bonds. The summed E-state index contributed by atoms with van der Waals surface area (Å²) in [5, 5.41) is 10.8. The Kier molecular flexibility index (Phi) is 3.18. The Hall–Kier alpha value is -1.17. The highest BCUT2D eigenvalue weighted by Crippen LogP contribution is 2.14. The monoisotopic (exact) mass is 248 g/mol. The molecule has 70 valence electrons. The van der Waals surface area contributed by atoms with Gasteiger partial charge in [0, 0.05) is 0 Å². The van der Waals surface area contributed by atoms with Crippen LogP contribution in [0.1, 0.15) is 0 Å². The number of hydrogen-bond donors (Lipinski definition) is 2. The molecule has 0 fully saturated rings. The van der Waals surface area contributed by atoms with Crippen molar-refractivity contribution < 1.29 is 14.3 Å². The molecule has 2 N–H and O–H groups in total. The molecule has 0 aliphatic rings. The fourth-order valence-corrected chi connectivity index (χ4v) is 1.01. The molecular formula is C7H6BrFN2O2. The van der Waals surface area contributed by atoms with Gasteiger partial charge in [0.1, 0.15) is 17.0 Å². The molecule has 0 aromatic carbocycles. The molecular weight excluding hydrogens is 243 g/mol. The zero-order valence-corrected chi connectivity index (χ0v) is 8.01. The molecule has 0 aliphatic heterocycles. The molecule has 1 heterocycles. The van der Waals surface area contributed by atoms with Crippen LogP contribution in [-0.4, -0.2) is 22.6 Å². The van der Waals surface area contributed by atoms with Crippen LogP contribution in [-0.2, 0) is 4.79 Å². The predicted molar refractivity (Wildman–Crippen MR) is 48.0 cm³/mol. The van der Waals surface area contributed by atoms with Gasteiger partial charge >= 0.3 is 5.97 Å². The van der Waals surface area contributed by atoms with Crippen LogP contribution >= 0.6 is 15.9 Å². The molecule has 1 aromatic heterocycles. The summed E-state index contributed by atoms with van der Waals surface area (Å²) in [7, 11) is 0. The third-order valence-electron chi connectivity index (χ3n) is 1.22. The highest BCUT2D eigenvalue weighted by atomic mass is 79.9. The van der Waals surface area contributed by atoms with Gasteiger partial charge in [-0.15, -0.1) is 0 Å². The highest BCUT2D eigenvalue weighted by Gasteiger charge is 2.02. The van der Waals surface area contributed by atoms with E-state index in [2.05, 4.69) is 26.2 Å². The molecule has 0 spiro atoms. The SMILES string of the molecule is O=C(O)CNc1ccc(F)c(Br)n1. The van der Waals surface area contributed by atoms with Crippen molar-refractivity contribution in [1.29, 1.82) is 0 Å². The first kappa shape index (κ1) is 9.91. The smallest absolute Gasteiger partial charge is 0.322 e. The number of carboxylic acid groups (broad SMARTS) is 1. The summed E-state index contributed by atoms with van der Waals surface area (Å²) in [6.45, 7) is -0.245. The Morgan fingerprint density at radius 1 is 1.69 bits per heavy atom. The van der Waals surface area contributed by atoms with E-state index in [1.165, 1.54) is 12.1 Å². The molecule has 6 heteroatoms. The number of aromatic nitrogens is 1. The largest absolute Gasteiger partial charge is 0.480 e. The number of aliphatic carboxylic acids is 1. The van der Waals surface area contributed by atoms with E-state index >= 15 is 0 Å². The van der Waals surface area contributed by atoms with Crippen LogP contribution in [0.5, 0.6) is 0 Å². The maximum absolute atomic E-state index is 12.6. The van der Waals surface area contributed by atoms with E-state index in [-0.39, 0.29) is 11.1 Å². The van der Waals surface area contributed by atoms with E-state index in [1.807, 2.05) is 0 Å². The number of rotatable bonds is 3. The van der Waals surface area contributed by atoms with Gasteiger partial charge in [0.15, 0.2) is 5.82 Å². The molecule has 0 aliphatic carbocycles. The van der Waals surface area contributed by atoms with Crippen molar-refractivity contribution in [3.8, 4) is 0 Å². The summed E-state index contributed by atoms with van der Waals surface area (Å²) in [5.41, 5.74) is 0. The van der Waals surface area contributed by atoms with Gasteiger partial charge in [-0.25, -0.2) is 9.37 Å². The van der Waals surface area contributed by atoms with Gasteiger partial charge in [0.25, 0.3) is 0 Å². The van der Waals surface area contributed by atoms with Gasteiger partial charge in [0.05, 0.1) is 0 Å². The average molecular weight is 249 g/mol. The van der Waals surface area contributed by atoms with Crippen molar-refractivity contribution >= 4 is 27.7 Å². The van der Waals surface area contributed by atoms with Crippen LogP contribution in [0, 0.1) is 5.82 Å². The Morgan fingerprint density at radius 2 is 2.38 bits per heavy atom. The summed E-state index contributed by atoms with van der Waals surface area (Å²) < 4.78 is 12.7. The first-order chi connectivity index (χ1) is 6.09. The fourth-order valence-electron chi connectivity index (χ4n) is 0.682. The zero-order valence-electron chi connectivity index (χ0n) is 6.42. The van der Waals surface area contributed by atoms with E-state index in [0.717, 1.165) is 0 Å². The summed E-state index contributed by atoms with van der Waals surface area (Å²) in [6, 6.07) is 2.56. The number of nitrogens with one attached hydrogen (secondary N) is 1. The van der Waals surface area contributed by atoms with Crippen molar-refractivity contribution in [2.24, 2.45) is 0 Å². The second kappa shape index (κ2) is 4.18. The minimum atomic E-state index is -0.998. The first-order valence-electron chi connectivity index (χ1n) is 3.37. The quantitative estimate of drug-likeness (QED) is 0.796. The standard InChI is InChI=1S/C7H6BrFN2O2/c8-7-4(9)1-2-5(11-7)10-3-6(12)13/h1-2H,3H2,(H,10,11)(H,12,13). The normalized spacial score (nSPS) is 9.69.